The monoisotopic (exact) mass is 239 g/mol. The van der Waals surface area contributed by atoms with E-state index in [1.807, 2.05) is 24.3 Å². The minimum Gasteiger partial charge on any atom is -0.391 e. The molecule has 1 saturated heterocycles. The number of pyridine rings is 1. The van der Waals surface area contributed by atoms with E-state index in [0.717, 1.165) is 29.6 Å². The van der Waals surface area contributed by atoms with Crippen LogP contribution in [0, 0.1) is 11.3 Å². The molecule has 0 radical (unpaired) electrons. The Morgan fingerprint density at radius 3 is 2.94 bits per heavy atom. The van der Waals surface area contributed by atoms with Crippen molar-refractivity contribution in [1.29, 1.82) is 5.26 Å². The van der Waals surface area contributed by atoms with Crippen molar-refractivity contribution < 1.29 is 5.11 Å². The molecule has 0 amide bonds. The Morgan fingerprint density at radius 1 is 1.39 bits per heavy atom. The molecule has 90 valence electrons. The number of hydrogen-bond acceptors (Lipinski definition) is 4. The van der Waals surface area contributed by atoms with E-state index in [0.29, 0.717) is 12.1 Å². The number of aliphatic hydroxyl groups is 1. The molecular weight excluding hydrogens is 226 g/mol. The summed E-state index contributed by atoms with van der Waals surface area (Å²) in [5.74, 6) is 0. The highest BCUT2D eigenvalue weighted by Gasteiger charge is 2.24. The van der Waals surface area contributed by atoms with Gasteiger partial charge in [0, 0.05) is 24.7 Å². The summed E-state index contributed by atoms with van der Waals surface area (Å²) < 4.78 is 0. The van der Waals surface area contributed by atoms with Crippen LogP contribution in [0.2, 0.25) is 0 Å². The Bertz CT molecular complexity index is 632. The summed E-state index contributed by atoms with van der Waals surface area (Å²) in [5.41, 5.74) is 2.36. The molecule has 2 heterocycles. The zero-order valence-corrected chi connectivity index (χ0v) is 9.87. The lowest BCUT2D eigenvalue weighted by molar-refractivity contribution is 0.198. The Balaban J connectivity index is 2.21. The zero-order valence-electron chi connectivity index (χ0n) is 9.87. The third-order valence-corrected chi connectivity index (χ3v) is 3.35. The molecule has 1 N–H and O–H groups in total. The van der Waals surface area contributed by atoms with Crippen LogP contribution in [0.15, 0.2) is 30.5 Å². The highest BCUT2D eigenvalue weighted by atomic mass is 16.3. The number of β-amino-alcohol motifs (C(OH)–C–C–N with tert-alkyl or cyclic N) is 1. The lowest BCUT2D eigenvalue weighted by Crippen LogP contribution is -2.22. The molecule has 0 aliphatic carbocycles. The molecule has 0 spiro atoms. The molecule has 2 aromatic rings. The number of nitriles is 1. The summed E-state index contributed by atoms with van der Waals surface area (Å²) in [6.45, 7) is 1.37. The van der Waals surface area contributed by atoms with Gasteiger partial charge in [-0.3, -0.25) is 4.98 Å². The van der Waals surface area contributed by atoms with Gasteiger partial charge in [0.2, 0.25) is 0 Å². The Kier molecular flexibility index (Phi) is 2.62. The summed E-state index contributed by atoms with van der Waals surface area (Å²) in [6, 6.07) is 9.99. The molecule has 1 unspecified atom stereocenters. The first-order chi connectivity index (χ1) is 8.79. The highest BCUT2D eigenvalue weighted by molar-refractivity contribution is 5.94. The van der Waals surface area contributed by atoms with Crippen molar-refractivity contribution in [3.8, 4) is 6.07 Å². The van der Waals surface area contributed by atoms with E-state index >= 15 is 0 Å². The Labute approximate surface area is 105 Å². The van der Waals surface area contributed by atoms with Crippen LogP contribution in [0.25, 0.3) is 10.9 Å². The summed E-state index contributed by atoms with van der Waals surface area (Å²) in [5, 5.41) is 19.9. The molecule has 4 nitrogen and oxygen atoms in total. The van der Waals surface area contributed by atoms with Gasteiger partial charge in [0.15, 0.2) is 0 Å². The lowest BCUT2D eigenvalue weighted by atomic mass is 10.1. The van der Waals surface area contributed by atoms with Gasteiger partial charge in [-0.2, -0.15) is 5.26 Å². The molecule has 0 saturated carbocycles. The summed E-state index contributed by atoms with van der Waals surface area (Å²) in [4.78, 5) is 6.37. The second-order valence-electron chi connectivity index (χ2n) is 4.54. The van der Waals surface area contributed by atoms with Crippen LogP contribution < -0.4 is 4.90 Å². The maximum absolute atomic E-state index is 9.66. The average Bonchev–Trinajstić information content (AvgIpc) is 2.83. The van der Waals surface area contributed by atoms with Crippen LogP contribution in [0.5, 0.6) is 0 Å². The predicted molar refractivity (Wildman–Crippen MR) is 69.3 cm³/mol. The van der Waals surface area contributed by atoms with Crippen LogP contribution in [-0.2, 0) is 0 Å². The van der Waals surface area contributed by atoms with Crippen LogP contribution in [0.1, 0.15) is 12.0 Å². The number of fused-ring (bicyclic) bond motifs is 1. The first-order valence-electron chi connectivity index (χ1n) is 6.00. The molecule has 0 bridgehead atoms. The number of nitrogens with zero attached hydrogens (tertiary/aromatic N) is 3. The highest BCUT2D eigenvalue weighted by Crippen LogP contribution is 2.31. The van der Waals surface area contributed by atoms with Crippen molar-refractivity contribution in [1.82, 2.24) is 4.98 Å². The maximum Gasteiger partial charge on any atom is 0.103 e. The van der Waals surface area contributed by atoms with Crippen molar-refractivity contribution >= 4 is 16.6 Å². The average molecular weight is 239 g/mol. The fourth-order valence-electron chi connectivity index (χ4n) is 2.49. The van der Waals surface area contributed by atoms with Gasteiger partial charge in [-0.05, 0) is 12.5 Å². The number of aromatic nitrogens is 1. The van der Waals surface area contributed by atoms with E-state index in [4.69, 9.17) is 0 Å². The summed E-state index contributed by atoms with van der Waals surface area (Å²) in [7, 11) is 0. The van der Waals surface area contributed by atoms with Crippen LogP contribution in [0.4, 0.5) is 5.69 Å². The van der Waals surface area contributed by atoms with Crippen LogP contribution in [0.3, 0.4) is 0 Å². The summed E-state index contributed by atoms with van der Waals surface area (Å²) >= 11 is 0. The van der Waals surface area contributed by atoms with E-state index < -0.39 is 0 Å². The topological polar surface area (TPSA) is 60.2 Å². The van der Waals surface area contributed by atoms with Crippen LogP contribution >= 0.6 is 0 Å². The molecule has 1 aromatic heterocycles. The number of rotatable bonds is 1. The van der Waals surface area contributed by atoms with Crippen molar-refractivity contribution in [2.75, 3.05) is 18.0 Å². The third-order valence-electron chi connectivity index (χ3n) is 3.35. The molecule has 18 heavy (non-hydrogen) atoms. The second-order valence-corrected chi connectivity index (χ2v) is 4.54. The van der Waals surface area contributed by atoms with E-state index in [-0.39, 0.29) is 6.10 Å². The smallest absolute Gasteiger partial charge is 0.103 e. The largest absolute Gasteiger partial charge is 0.391 e. The number of benzene rings is 1. The molecular formula is C14H13N3O. The van der Waals surface area contributed by atoms with Gasteiger partial charge in [0.05, 0.1) is 22.9 Å². The van der Waals surface area contributed by atoms with Gasteiger partial charge in [-0.25, -0.2) is 0 Å². The molecule has 1 aliphatic heterocycles. The molecule has 3 rings (SSSR count). The fourth-order valence-corrected chi connectivity index (χ4v) is 2.49. The fraction of sp³-hybridized carbons (Fsp3) is 0.286. The predicted octanol–water partition coefficient (Wildman–Crippen LogP) is 1.68. The van der Waals surface area contributed by atoms with Gasteiger partial charge >= 0.3 is 0 Å². The van der Waals surface area contributed by atoms with Crippen molar-refractivity contribution in [3.63, 3.8) is 0 Å². The maximum atomic E-state index is 9.66. The van der Waals surface area contributed by atoms with Gasteiger partial charge in [0.25, 0.3) is 0 Å². The normalized spacial score (nSPS) is 19.1. The minimum absolute atomic E-state index is 0.302. The third kappa shape index (κ3) is 1.69. The molecule has 1 fully saturated rings. The number of para-hydroxylation sites is 1. The van der Waals surface area contributed by atoms with E-state index in [1.54, 1.807) is 6.20 Å². The Morgan fingerprint density at radius 2 is 2.22 bits per heavy atom. The van der Waals surface area contributed by atoms with Gasteiger partial charge in [-0.15, -0.1) is 0 Å². The standard InChI is InChI=1S/C14H13N3O/c15-7-10-8-16-13-4-2-1-3-12(13)14(10)17-6-5-11(18)9-17/h1-4,8,11,18H,5-6,9H2. The van der Waals surface area contributed by atoms with Crippen molar-refractivity contribution in [3.05, 3.63) is 36.0 Å². The van der Waals surface area contributed by atoms with Gasteiger partial charge in [-0.1, -0.05) is 18.2 Å². The number of anilines is 1. The van der Waals surface area contributed by atoms with Crippen molar-refractivity contribution in [2.45, 2.75) is 12.5 Å². The minimum atomic E-state index is -0.302. The quantitative estimate of drug-likeness (QED) is 0.822. The van der Waals surface area contributed by atoms with E-state index in [2.05, 4.69) is 16.0 Å². The zero-order chi connectivity index (χ0) is 12.5. The summed E-state index contributed by atoms with van der Waals surface area (Å²) in [6.07, 6.45) is 2.06. The van der Waals surface area contributed by atoms with Gasteiger partial charge < -0.3 is 10.0 Å². The lowest BCUT2D eigenvalue weighted by Gasteiger charge is -2.21. The molecule has 1 atom stereocenters. The van der Waals surface area contributed by atoms with Crippen LogP contribution in [-0.4, -0.2) is 29.3 Å². The Hall–Kier alpha value is -2.12. The second kappa shape index (κ2) is 4.28. The first kappa shape index (κ1) is 11.0. The number of aliphatic hydroxyl groups excluding tert-OH is 1. The molecule has 4 heteroatoms. The SMILES string of the molecule is N#Cc1cnc2ccccc2c1N1CCC(O)C1. The van der Waals surface area contributed by atoms with E-state index in [9.17, 15) is 10.4 Å². The van der Waals surface area contributed by atoms with E-state index in [1.165, 1.54) is 0 Å². The number of hydrogen-bond donors (Lipinski definition) is 1. The van der Waals surface area contributed by atoms with Gasteiger partial charge in [0.1, 0.15) is 6.07 Å². The molecule has 1 aliphatic rings. The van der Waals surface area contributed by atoms with Crippen molar-refractivity contribution in [2.24, 2.45) is 0 Å². The molecule has 1 aromatic carbocycles. The first-order valence-corrected chi connectivity index (χ1v) is 6.00.